The summed E-state index contributed by atoms with van der Waals surface area (Å²) in [4.78, 5) is 24.7. The molecule has 2 N–H and O–H groups in total. The van der Waals surface area contributed by atoms with E-state index in [1.807, 2.05) is 24.3 Å². The first kappa shape index (κ1) is 38.6. The van der Waals surface area contributed by atoms with Crippen LogP contribution in [0.4, 0.5) is 0 Å². The first-order valence-electron chi connectivity index (χ1n) is 16.5. The number of aromatic hydroxyl groups is 2. The van der Waals surface area contributed by atoms with Gasteiger partial charge in [0.1, 0.15) is 11.5 Å². The van der Waals surface area contributed by atoms with Gasteiger partial charge < -0.3 is 19.7 Å². The van der Waals surface area contributed by atoms with Crippen molar-refractivity contribution in [2.45, 2.75) is 130 Å². The van der Waals surface area contributed by atoms with Crippen molar-refractivity contribution in [3.8, 4) is 11.5 Å². The van der Waals surface area contributed by atoms with Crippen LogP contribution in [0.2, 0.25) is 0 Å². The van der Waals surface area contributed by atoms with E-state index in [1.165, 1.54) is 12.2 Å². The Morgan fingerprint density at radius 1 is 0.522 bits per heavy atom. The minimum absolute atomic E-state index is 0.246. The fourth-order valence-corrected chi connectivity index (χ4v) is 5.12. The van der Waals surface area contributed by atoms with E-state index in [1.54, 1.807) is 12.2 Å². The van der Waals surface area contributed by atoms with Crippen LogP contribution in [0.15, 0.2) is 36.4 Å². The van der Waals surface area contributed by atoms with Crippen molar-refractivity contribution in [1.82, 2.24) is 0 Å². The Labute approximate surface area is 277 Å². The van der Waals surface area contributed by atoms with Crippen LogP contribution < -0.4 is 0 Å². The van der Waals surface area contributed by atoms with E-state index in [0.717, 1.165) is 59.1 Å². The van der Waals surface area contributed by atoms with Crippen molar-refractivity contribution in [2.24, 2.45) is 0 Å². The molecule has 6 heteroatoms. The van der Waals surface area contributed by atoms with Crippen molar-refractivity contribution in [3.05, 3.63) is 69.8 Å². The van der Waals surface area contributed by atoms with Gasteiger partial charge >= 0.3 is 11.9 Å². The standard InChI is InChI=1S/C40H58O6/c1-37(2,3)29-23-27(24-30(35(29)43)38(4,5)6)17-19-33(41)45-21-15-13-14-16-22-46-34(42)20-18-28-25-31(39(7,8)9)36(44)32(26-28)40(10,11)12/h17-20,23-26,43-44H,13-16,21-22H2,1-12H3. The average molecular weight is 635 g/mol. The first-order chi connectivity index (χ1) is 21.0. The van der Waals surface area contributed by atoms with Gasteiger partial charge in [-0.1, -0.05) is 83.1 Å². The zero-order valence-corrected chi connectivity index (χ0v) is 30.4. The molecule has 0 aliphatic heterocycles. The highest BCUT2D eigenvalue weighted by atomic mass is 16.5. The quantitative estimate of drug-likeness (QED) is 0.145. The topological polar surface area (TPSA) is 93.1 Å². The van der Waals surface area contributed by atoms with Gasteiger partial charge in [-0.3, -0.25) is 0 Å². The van der Waals surface area contributed by atoms with Crippen LogP contribution in [-0.4, -0.2) is 35.4 Å². The van der Waals surface area contributed by atoms with E-state index < -0.39 is 11.9 Å². The van der Waals surface area contributed by atoms with Gasteiger partial charge in [0.15, 0.2) is 0 Å². The van der Waals surface area contributed by atoms with E-state index in [9.17, 15) is 19.8 Å². The third kappa shape index (κ3) is 11.7. The molecule has 254 valence electrons. The van der Waals surface area contributed by atoms with Gasteiger partial charge in [0.2, 0.25) is 0 Å². The SMILES string of the molecule is CC(C)(C)c1cc(C=CC(=O)OCCCCCCOC(=O)C=Cc2cc(C(C)(C)C)c(O)c(C(C)(C)C)c2)cc(C(C)(C)C)c1O. The maximum atomic E-state index is 12.3. The van der Waals surface area contributed by atoms with E-state index in [4.69, 9.17) is 9.47 Å². The van der Waals surface area contributed by atoms with Gasteiger partial charge in [-0.25, -0.2) is 9.59 Å². The molecule has 2 rings (SSSR count). The second-order valence-corrected chi connectivity index (χ2v) is 16.3. The molecule has 0 saturated carbocycles. The third-order valence-corrected chi connectivity index (χ3v) is 7.85. The van der Waals surface area contributed by atoms with Crippen LogP contribution in [-0.2, 0) is 40.7 Å². The molecule has 0 aliphatic rings. The monoisotopic (exact) mass is 634 g/mol. The number of benzene rings is 2. The molecule has 0 atom stereocenters. The van der Waals surface area contributed by atoms with E-state index in [-0.39, 0.29) is 21.7 Å². The molecular formula is C40H58O6. The number of carbonyl (C=O) groups is 2. The summed E-state index contributed by atoms with van der Waals surface area (Å²) in [6, 6.07) is 7.71. The summed E-state index contributed by atoms with van der Waals surface area (Å²) in [6.07, 6.45) is 9.50. The number of carbonyl (C=O) groups excluding carboxylic acids is 2. The molecule has 2 aromatic rings. The minimum Gasteiger partial charge on any atom is -0.507 e. The molecular weight excluding hydrogens is 576 g/mol. The van der Waals surface area contributed by atoms with Crippen LogP contribution in [0.1, 0.15) is 142 Å². The number of hydrogen-bond donors (Lipinski definition) is 2. The predicted octanol–water partition coefficient (Wildman–Crippen LogP) is 9.66. The summed E-state index contributed by atoms with van der Waals surface area (Å²) in [5.41, 5.74) is 4.09. The number of unbranched alkanes of at least 4 members (excludes halogenated alkanes) is 3. The van der Waals surface area contributed by atoms with Crippen molar-refractivity contribution >= 4 is 24.1 Å². The smallest absolute Gasteiger partial charge is 0.330 e. The van der Waals surface area contributed by atoms with Gasteiger partial charge in [0, 0.05) is 34.4 Å². The summed E-state index contributed by atoms with van der Waals surface area (Å²) in [7, 11) is 0. The Kier molecular flexibility index (Phi) is 12.9. The molecule has 46 heavy (non-hydrogen) atoms. The number of hydrogen-bond acceptors (Lipinski definition) is 6. The molecule has 0 aliphatic carbocycles. The fourth-order valence-electron chi connectivity index (χ4n) is 5.12. The van der Waals surface area contributed by atoms with Crippen molar-refractivity contribution in [1.29, 1.82) is 0 Å². The summed E-state index contributed by atoms with van der Waals surface area (Å²) in [5, 5.41) is 21.8. The number of phenols is 2. The molecule has 2 aromatic carbocycles. The molecule has 0 aromatic heterocycles. The van der Waals surface area contributed by atoms with Crippen LogP contribution >= 0.6 is 0 Å². The van der Waals surface area contributed by atoms with Crippen molar-refractivity contribution in [3.63, 3.8) is 0 Å². The molecule has 6 nitrogen and oxygen atoms in total. The Bertz CT molecular complexity index is 1240. The number of esters is 2. The number of ether oxygens (including phenoxy) is 2. The molecule has 0 fully saturated rings. The normalized spacial score (nSPS) is 13.0. The predicted molar refractivity (Wildman–Crippen MR) is 189 cm³/mol. The van der Waals surface area contributed by atoms with Crippen molar-refractivity contribution in [2.75, 3.05) is 13.2 Å². The molecule has 0 radical (unpaired) electrons. The summed E-state index contributed by atoms with van der Waals surface area (Å²) < 4.78 is 10.8. The van der Waals surface area contributed by atoms with E-state index >= 15 is 0 Å². The molecule has 0 amide bonds. The fraction of sp³-hybridized carbons (Fsp3) is 0.550. The highest BCUT2D eigenvalue weighted by Crippen LogP contribution is 2.41. The van der Waals surface area contributed by atoms with Gasteiger partial charge in [0.05, 0.1) is 13.2 Å². The lowest BCUT2D eigenvalue weighted by Gasteiger charge is -2.27. The Balaban J connectivity index is 1.80. The van der Waals surface area contributed by atoms with Crippen molar-refractivity contribution < 1.29 is 29.3 Å². The van der Waals surface area contributed by atoms with Crippen LogP contribution in [0, 0.1) is 0 Å². The Morgan fingerprint density at radius 3 is 1.02 bits per heavy atom. The van der Waals surface area contributed by atoms with E-state index in [2.05, 4.69) is 83.1 Å². The zero-order chi connectivity index (χ0) is 35.1. The number of phenolic OH excluding ortho intramolecular Hbond substituents is 2. The lowest BCUT2D eigenvalue weighted by Crippen LogP contribution is -2.17. The highest BCUT2D eigenvalue weighted by molar-refractivity contribution is 5.87. The number of rotatable bonds is 11. The second kappa shape index (κ2) is 15.4. The summed E-state index contributed by atoms with van der Waals surface area (Å²) in [6.45, 7) is 25.3. The first-order valence-corrected chi connectivity index (χ1v) is 16.5. The van der Waals surface area contributed by atoms with Gasteiger partial charge in [-0.15, -0.1) is 0 Å². The minimum atomic E-state index is -0.402. The highest BCUT2D eigenvalue weighted by Gasteiger charge is 2.27. The van der Waals surface area contributed by atoms with Crippen LogP contribution in [0.25, 0.3) is 12.2 Å². The molecule has 0 bridgehead atoms. The third-order valence-electron chi connectivity index (χ3n) is 7.85. The van der Waals surface area contributed by atoms with Crippen LogP contribution in [0.3, 0.4) is 0 Å². The van der Waals surface area contributed by atoms with E-state index in [0.29, 0.717) is 24.7 Å². The summed E-state index contributed by atoms with van der Waals surface area (Å²) >= 11 is 0. The van der Waals surface area contributed by atoms with Gasteiger partial charge in [-0.2, -0.15) is 0 Å². The molecule has 0 heterocycles. The maximum absolute atomic E-state index is 12.3. The largest absolute Gasteiger partial charge is 0.507 e. The Hall–Kier alpha value is -3.54. The second-order valence-electron chi connectivity index (χ2n) is 16.3. The lowest BCUT2D eigenvalue weighted by molar-refractivity contribution is -0.139. The summed E-state index contributed by atoms with van der Waals surface area (Å²) in [5.74, 6) is -0.184. The van der Waals surface area contributed by atoms with Gasteiger partial charge in [0.25, 0.3) is 0 Å². The molecule has 0 saturated heterocycles. The average Bonchev–Trinajstić information content (AvgIpc) is 2.90. The molecule has 0 spiro atoms. The van der Waals surface area contributed by atoms with Crippen LogP contribution in [0.5, 0.6) is 11.5 Å². The van der Waals surface area contributed by atoms with Gasteiger partial charge in [-0.05, 0) is 94.9 Å². The lowest BCUT2D eigenvalue weighted by atomic mass is 9.78. The molecule has 0 unspecified atom stereocenters. The zero-order valence-electron chi connectivity index (χ0n) is 30.4. The Morgan fingerprint density at radius 2 is 0.783 bits per heavy atom. The maximum Gasteiger partial charge on any atom is 0.330 e.